The van der Waals surface area contributed by atoms with Crippen LogP contribution in [-0.4, -0.2) is 65.6 Å². The zero-order chi connectivity index (χ0) is 15.4. The Labute approximate surface area is 134 Å². The van der Waals surface area contributed by atoms with Crippen molar-refractivity contribution >= 4 is 17.7 Å². The van der Waals surface area contributed by atoms with Gasteiger partial charge in [-0.1, -0.05) is 34.1 Å². The second kappa shape index (κ2) is 7.84. The van der Waals surface area contributed by atoms with E-state index in [9.17, 15) is 4.79 Å². The first-order chi connectivity index (χ1) is 10.0. The molecule has 2 rings (SSSR count). The van der Waals surface area contributed by atoms with Gasteiger partial charge >= 0.3 is 0 Å². The molecule has 0 aliphatic carbocycles. The number of amides is 1. The van der Waals surface area contributed by atoms with Crippen LogP contribution in [0.3, 0.4) is 0 Å². The first-order valence-corrected chi connectivity index (χ1v) is 9.56. The highest BCUT2D eigenvalue weighted by Gasteiger charge is 2.41. The lowest BCUT2D eigenvalue weighted by molar-refractivity contribution is -0.131. The molecule has 0 radical (unpaired) electrons. The Balaban J connectivity index is 1.95. The summed E-state index contributed by atoms with van der Waals surface area (Å²) in [5, 5.41) is 3.58. The van der Waals surface area contributed by atoms with Gasteiger partial charge in [-0.05, 0) is 11.8 Å². The van der Waals surface area contributed by atoms with E-state index in [1.54, 1.807) is 0 Å². The van der Waals surface area contributed by atoms with Crippen LogP contribution in [0.2, 0.25) is 0 Å². The second-order valence-electron chi connectivity index (χ2n) is 6.70. The van der Waals surface area contributed by atoms with Crippen LogP contribution in [0.4, 0.5) is 0 Å². The van der Waals surface area contributed by atoms with E-state index in [0.717, 1.165) is 19.5 Å². The number of hydrogen-bond acceptors (Lipinski definition) is 4. The lowest BCUT2D eigenvalue weighted by Gasteiger charge is -2.31. The second-order valence-corrected chi connectivity index (χ2v) is 7.93. The van der Waals surface area contributed by atoms with E-state index in [0.29, 0.717) is 17.7 Å². The van der Waals surface area contributed by atoms with Gasteiger partial charge in [-0.3, -0.25) is 15.0 Å². The Hall–Kier alpha value is -0.260. The third kappa shape index (κ3) is 4.14. The molecule has 0 aromatic carbocycles. The molecule has 2 saturated heterocycles. The maximum atomic E-state index is 12.7. The van der Waals surface area contributed by atoms with Gasteiger partial charge in [0.05, 0.1) is 12.2 Å². The summed E-state index contributed by atoms with van der Waals surface area (Å²) in [4.78, 5) is 17.3. The third-order valence-corrected chi connectivity index (χ3v) is 5.78. The molecule has 5 heteroatoms. The molecule has 0 bridgehead atoms. The van der Waals surface area contributed by atoms with Crippen LogP contribution in [0.5, 0.6) is 0 Å². The molecule has 0 saturated carbocycles. The van der Waals surface area contributed by atoms with Crippen LogP contribution < -0.4 is 5.32 Å². The van der Waals surface area contributed by atoms with Gasteiger partial charge in [-0.2, -0.15) is 11.8 Å². The van der Waals surface area contributed by atoms with Gasteiger partial charge in [0.2, 0.25) is 5.91 Å². The van der Waals surface area contributed by atoms with Crippen LogP contribution in [0.25, 0.3) is 0 Å². The number of carbonyl (C=O) groups is 1. The summed E-state index contributed by atoms with van der Waals surface area (Å²) in [7, 11) is 0. The third-order valence-electron chi connectivity index (χ3n) is 4.84. The molecule has 0 aromatic rings. The predicted molar refractivity (Wildman–Crippen MR) is 90.5 cm³/mol. The largest absolute Gasteiger partial charge is 0.324 e. The fraction of sp³-hybridized carbons (Fsp3) is 0.938. The molecule has 122 valence electrons. The smallest absolute Gasteiger partial charge is 0.241 e. The fourth-order valence-corrected chi connectivity index (χ4v) is 4.16. The Morgan fingerprint density at radius 3 is 2.48 bits per heavy atom. The molecule has 1 N–H and O–H groups in total. The number of nitrogens with zero attached hydrogens (tertiary/aromatic N) is 2. The Kier molecular flexibility index (Phi) is 6.38. The van der Waals surface area contributed by atoms with Crippen LogP contribution >= 0.6 is 11.8 Å². The van der Waals surface area contributed by atoms with Gasteiger partial charge in [0, 0.05) is 37.7 Å². The van der Waals surface area contributed by atoms with Crippen molar-refractivity contribution < 1.29 is 4.79 Å². The Morgan fingerprint density at radius 2 is 1.90 bits per heavy atom. The number of carbonyl (C=O) groups excluding carboxylic acids is 1. The summed E-state index contributed by atoms with van der Waals surface area (Å²) in [5.74, 6) is 3.65. The predicted octanol–water partition coefficient (Wildman–Crippen LogP) is 1.86. The monoisotopic (exact) mass is 313 g/mol. The SMILES string of the molecule is CCC(C)C1NC(C(C)C)N(CCN2CCSCC2)C1=O. The van der Waals surface area contributed by atoms with E-state index < -0.39 is 0 Å². The zero-order valence-corrected chi connectivity index (χ0v) is 14.8. The molecule has 4 nitrogen and oxygen atoms in total. The quantitative estimate of drug-likeness (QED) is 0.812. The van der Waals surface area contributed by atoms with Crippen molar-refractivity contribution in [3.63, 3.8) is 0 Å². The van der Waals surface area contributed by atoms with Gasteiger partial charge in [-0.25, -0.2) is 0 Å². The summed E-state index contributed by atoms with van der Waals surface area (Å²) >= 11 is 2.04. The number of thioether (sulfide) groups is 1. The average molecular weight is 314 g/mol. The molecule has 21 heavy (non-hydrogen) atoms. The van der Waals surface area contributed by atoms with Gasteiger partial charge < -0.3 is 4.90 Å². The van der Waals surface area contributed by atoms with Crippen LogP contribution in [0.15, 0.2) is 0 Å². The molecule has 3 atom stereocenters. The summed E-state index contributed by atoms with van der Waals surface area (Å²) in [6.07, 6.45) is 1.25. The van der Waals surface area contributed by atoms with Gasteiger partial charge in [0.15, 0.2) is 0 Å². The molecule has 1 amide bonds. The normalized spacial score (nSPS) is 29.4. The van der Waals surface area contributed by atoms with E-state index in [2.05, 4.69) is 42.8 Å². The molecule has 3 unspecified atom stereocenters. The minimum absolute atomic E-state index is 0.0133. The first kappa shape index (κ1) is 17.1. The highest BCUT2D eigenvalue weighted by molar-refractivity contribution is 7.99. The average Bonchev–Trinajstić information content (AvgIpc) is 2.82. The van der Waals surface area contributed by atoms with Crippen molar-refractivity contribution in [1.29, 1.82) is 0 Å². The van der Waals surface area contributed by atoms with Crippen LogP contribution in [-0.2, 0) is 4.79 Å². The highest BCUT2D eigenvalue weighted by Crippen LogP contribution is 2.23. The van der Waals surface area contributed by atoms with Crippen molar-refractivity contribution in [3.05, 3.63) is 0 Å². The minimum atomic E-state index is 0.0133. The first-order valence-electron chi connectivity index (χ1n) is 8.41. The summed E-state index contributed by atoms with van der Waals surface area (Å²) in [6.45, 7) is 13.0. The molecule has 2 heterocycles. The van der Waals surface area contributed by atoms with Crippen LogP contribution in [0.1, 0.15) is 34.1 Å². The van der Waals surface area contributed by atoms with Gasteiger partial charge in [-0.15, -0.1) is 0 Å². The van der Waals surface area contributed by atoms with E-state index in [-0.39, 0.29) is 12.2 Å². The van der Waals surface area contributed by atoms with Crippen molar-refractivity contribution in [2.45, 2.75) is 46.3 Å². The highest BCUT2D eigenvalue weighted by atomic mass is 32.2. The standard InChI is InChI=1S/C16H31N3OS/c1-5-13(4)14-16(20)19(15(17-14)12(2)3)7-6-18-8-10-21-11-9-18/h12-15,17H,5-11H2,1-4H3. The minimum Gasteiger partial charge on any atom is -0.324 e. The Morgan fingerprint density at radius 1 is 1.24 bits per heavy atom. The molecule has 2 aliphatic rings. The lowest BCUT2D eigenvalue weighted by atomic mass is 9.99. The summed E-state index contributed by atoms with van der Waals surface area (Å²) in [6, 6.07) is 0.0133. The fourth-order valence-electron chi connectivity index (χ4n) is 3.18. The van der Waals surface area contributed by atoms with E-state index in [1.807, 2.05) is 11.8 Å². The van der Waals surface area contributed by atoms with Gasteiger partial charge in [0.25, 0.3) is 0 Å². The van der Waals surface area contributed by atoms with Gasteiger partial charge in [0.1, 0.15) is 0 Å². The van der Waals surface area contributed by atoms with E-state index in [1.165, 1.54) is 24.6 Å². The number of hydrogen-bond donors (Lipinski definition) is 1. The molecular formula is C16H31N3OS. The lowest BCUT2D eigenvalue weighted by Crippen LogP contribution is -2.46. The summed E-state index contributed by atoms with van der Waals surface area (Å²) < 4.78 is 0. The van der Waals surface area contributed by atoms with Crippen LogP contribution in [0, 0.1) is 11.8 Å². The molecule has 0 spiro atoms. The van der Waals surface area contributed by atoms with E-state index >= 15 is 0 Å². The molecule has 2 fully saturated rings. The molecule has 0 aromatic heterocycles. The topological polar surface area (TPSA) is 35.6 Å². The van der Waals surface area contributed by atoms with E-state index in [4.69, 9.17) is 0 Å². The van der Waals surface area contributed by atoms with Crippen molar-refractivity contribution in [3.8, 4) is 0 Å². The van der Waals surface area contributed by atoms with Crippen molar-refractivity contribution in [2.75, 3.05) is 37.7 Å². The van der Waals surface area contributed by atoms with Crippen molar-refractivity contribution in [2.24, 2.45) is 11.8 Å². The van der Waals surface area contributed by atoms with Crippen molar-refractivity contribution in [1.82, 2.24) is 15.1 Å². The zero-order valence-electron chi connectivity index (χ0n) is 14.0. The Bertz CT molecular complexity index is 344. The molecule has 2 aliphatic heterocycles. The molecular weight excluding hydrogens is 282 g/mol. The maximum absolute atomic E-state index is 12.7. The number of rotatable bonds is 6. The number of nitrogens with one attached hydrogen (secondary N) is 1. The summed E-state index contributed by atoms with van der Waals surface area (Å²) in [5.41, 5.74) is 0. The maximum Gasteiger partial charge on any atom is 0.241 e.